The Kier molecular flexibility index (Phi) is 26.0. The van der Waals surface area contributed by atoms with Crippen LogP contribution >= 0.6 is 0 Å². The number of hydrogen-bond donors (Lipinski definition) is 0. The molecule has 0 aromatic rings. The topological polar surface area (TPSA) is 0 Å². The zero-order valence-electron chi connectivity index (χ0n) is 21.3. The third kappa shape index (κ3) is 24.1. The molecular weight excluding hydrogens is 348 g/mol. The highest BCUT2D eigenvalue weighted by molar-refractivity contribution is 4.59. The number of rotatable bonds is 25. The Morgan fingerprint density at radius 2 is 0.552 bits per heavy atom. The smallest absolute Gasteiger partial charge is 0.0414 e. The van der Waals surface area contributed by atoms with Gasteiger partial charge in [0, 0.05) is 0 Å². The van der Waals surface area contributed by atoms with Crippen LogP contribution in [0.15, 0.2) is 0 Å². The molecule has 0 fully saturated rings. The highest BCUT2D eigenvalue weighted by atomic mass is 14.1. The minimum absolute atomic E-state index is 1.03. The van der Waals surface area contributed by atoms with Crippen LogP contribution in [0, 0.1) is 5.92 Å². The van der Waals surface area contributed by atoms with Crippen molar-refractivity contribution in [1.29, 1.82) is 0 Å². The van der Waals surface area contributed by atoms with Crippen LogP contribution in [0.1, 0.15) is 181 Å². The molecule has 0 aliphatic rings. The first kappa shape index (κ1) is 29.0. The van der Waals surface area contributed by atoms with Crippen molar-refractivity contribution in [2.75, 3.05) is 0 Å². The molecule has 0 heterocycles. The molecule has 0 radical (unpaired) electrons. The van der Waals surface area contributed by atoms with E-state index in [0.29, 0.717) is 0 Å². The van der Waals surface area contributed by atoms with E-state index in [-0.39, 0.29) is 0 Å². The summed E-state index contributed by atoms with van der Waals surface area (Å²) in [5, 5.41) is 0. The van der Waals surface area contributed by atoms with Crippen LogP contribution in [0.25, 0.3) is 0 Å². The molecule has 29 heavy (non-hydrogen) atoms. The second-order valence-corrected chi connectivity index (χ2v) is 9.95. The molecule has 0 aromatic heterocycles. The van der Waals surface area contributed by atoms with Gasteiger partial charge >= 0.3 is 0 Å². The summed E-state index contributed by atoms with van der Waals surface area (Å²) in [6, 6.07) is 0. The van der Waals surface area contributed by atoms with E-state index in [9.17, 15) is 0 Å². The van der Waals surface area contributed by atoms with Gasteiger partial charge in [-0.05, 0) is 5.92 Å². The molecule has 0 bridgehead atoms. The molecule has 0 heteroatoms. The van der Waals surface area contributed by atoms with Crippen LogP contribution in [0.3, 0.4) is 0 Å². The Morgan fingerprint density at radius 1 is 0.276 bits per heavy atom. The lowest BCUT2D eigenvalue weighted by Crippen LogP contribution is -1.99. The second-order valence-electron chi connectivity index (χ2n) is 9.95. The molecule has 0 rings (SSSR count). The van der Waals surface area contributed by atoms with E-state index >= 15 is 0 Å². The van der Waals surface area contributed by atoms with Gasteiger partial charge in [-0.1, -0.05) is 181 Å². The maximum Gasteiger partial charge on any atom is -0.0414 e. The summed E-state index contributed by atoms with van der Waals surface area (Å²) in [5.74, 6) is 1.03. The maximum absolute atomic E-state index is 2.35. The van der Waals surface area contributed by atoms with E-state index in [4.69, 9.17) is 0 Å². The van der Waals surface area contributed by atoms with Gasteiger partial charge in [0.2, 0.25) is 0 Å². The van der Waals surface area contributed by atoms with Crippen molar-refractivity contribution < 1.29 is 0 Å². The highest BCUT2D eigenvalue weighted by Crippen LogP contribution is 2.21. The van der Waals surface area contributed by atoms with Gasteiger partial charge in [-0.25, -0.2) is 0 Å². The summed E-state index contributed by atoms with van der Waals surface area (Å²) in [5.41, 5.74) is 0. The van der Waals surface area contributed by atoms with Crippen LogP contribution in [-0.2, 0) is 0 Å². The minimum Gasteiger partial charge on any atom is -0.0654 e. The lowest BCUT2D eigenvalue weighted by atomic mass is 9.92. The Morgan fingerprint density at radius 3 is 0.828 bits per heavy atom. The Bertz CT molecular complexity index is 263. The fourth-order valence-corrected chi connectivity index (χ4v) is 4.94. The third-order valence-corrected chi connectivity index (χ3v) is 6.86. The third-order valence-electron chi connectivity index (χ3n) is 6.86. The summed E-state index contributed by atoms with van der Waals surface area (Å²) in [4.78, 5) is 0. The molecule has 176 valence electrons. The molecule has 0 aliphatic carbocycles. The molecule has 0 aromatic carbocycles. The van der Waals surface area contributed by atoms with Crippen molar-refractivity contribution in [1.82, 2.24) is 0 Å². The van der Waals surface area contributed by atoms with Gasteiger partial charge in [0.15, 0.2) is 0 Å². The van der Waals surface area contributed by atoms with E-state index in [2.05, 4.69) is 20.8 Å². The lowest BCUT2D eigenvalue weighted by molar-refractivity contribution is 0.390. The van der Waals surface area contributed by atoms with Gasteiger partial charge in [-0.2, -0.15) is 0 Å². The second kappa shape index (κ2) is 26.0. The molecule has 0 saturated heterocycles. The van der Waals surface area contributed by atoms with E-state index < -0.39 is 0 Å². The Balaban J connectivity index is 3.11. The van der Waals surface area contributed by atoms with E-state index in [0.717, 1.165) is 5.92 Å². The molecule has 0 spiro atoms. The molecule has 0 aliphatic heterocycles. The molecule has 0 amide bonds. The van der Waals surface area contributed by atoms with Crippen molar-refractivity contribution in [3.05, 3.63) is 0 Å². The normalized spacial score (nSPS) is 11.6. The molecule has 0 unspecified atom stereocenters. The predicted molar refractivity (Wildman–Crippen MR) is 136 cm³/mol. The van der Waals surface area contributed by atoms with Gasteiger partial charge in [0.05, 0.1) is 0 Å². The zero-order valence-corrected chi connectivity index (χ0v) is 21.3. The fourth-order valence-electron chi connectivity index (χ4n) is 4.94. The largest absolute Gasteiger partial charge is 0.0654 e. The SMILES string of the molecule is CCCCCCCCCCCCCCCCCCCCCCC(CCC)CCC. The van der Waals surface area contributed by atoms with Gasteiger partial charge in [-0.3, -0.25) is 0 Å². The quantitative estimate of drug-likeness (QED) is 0.132. The van der Waals surface area contributed by atoms with Gasteiger partial charge in [0.25, 0.3) is 0 Å². The van der Waals surface area contributed by atoms with Crippen molar-refractivity contribution in [3.8, 4) is 0 Å². The lowest BCUT2D eigenvalue weighted by Gasteiger charge is -2.14. The van der Waals surface area contributed by atoms with Crippen molar-refractivity contribution in [3.63, 3.8) is 0 Å². The fraction of sp³-hybridized carbons (Fsp3) is 1.00. The summed E-state index contributed by atoms with van der Waals surface area (Å²) in [7, 11) is 0. The van der Waals surface area contributed by atoms with Crippen molar-refractivity contribution >= 4 is 0 Å². The van der Waals surface area contributed by atoms with Gasteiger partial charge in [-0.15, -0.1) is 0 Å². The number of unbranched alkanes of at least 4 members (excludes halogenated alkanes) is 19. The summed E-state index contributed by atoms with van der Waals surface area (Å²) >= 11 is 0. The summed E-state index contributed by atoms with van der Waals surface area (Å²) < 4.78 is 0. The zero-order chi connectivity index (χ0) is 21.3. The average Bonchev–Trinajstić information content (AvgIpc) is 2.72. The van der Waals surface area contributed by atoms with Crippen molar-refractivity contribution in [2.24, 2.45) is 5.92 Å². The van der Waals surface area contributed by atoms with E-state index in [1.54, 1.807) is 0 Å². The number of hydrogen-bond acceptors (Lipinski definition) is 0. The van der Waals surface area contributed by atoms with Crippen LogP contribution < -0.4 is 0 Å². The maximum atomic E-state index is 2.35. The minimum atomic E-state index is 1.03. The summed E-state index contributed by atoms with van der Waals surface area (Å²) in [6.45, 7) is 7.00. The highest BCUT2D eigenvalue weighted by Gasteiger charge is 2.05. The molecular formula is C29H60. The first-order valence-corrected chi connectivity index (χ1v) is 14.3. The van der Waals surface area contributed by atoms with Gasteiger partial charge in [0.1, 0.15) is 0 Å². The molecule has 0 atom stereocenters. The van der Waals surface area contributed by atoms with Crippen LogP contribution in [0.5, 0.6) is 0 Å². The van der Waals surface area contributed by atoms with Crippen LogP contribution in [-0.4, -0.2) is 0 Å². The first-order chi connectivity index (χ1) is 14.3. The van der Waals surface area contributed by atoms with Crippen LogP contribution in [0.2, 0.25) is 0 Å². The molecule has 0 N–H and O–H groups in total. The standard InChI is InChI=1S/C29H60/c1-4-7-8-9-10-11-12-13-14-15-16-17-18-19-20-21-22-23-24-25-28-29(26-5-2)27-6-3/h29H,4-28H2,1-3H3. The van der Waals surface area contributed by atoms with E-state index in [1.165, 1.54) is 161 Å². The Labute approximate surface area is 187 Å². The molecule has 0 saturated carbocycles. The van der Waals surface area contributed by atoms with E-state index in [1.807, 2.05) is 0 Å². The molecule has 0 nitrogen and oxygen atoms in total. The average molecular weight is 409 g/mol. The predicted octanol–water partition coefficient (Wildman–Crippen LogP) is 11.4. The van der Waals surface area contributed by atoms with Crippen molar-refractivity contribution in [2.45, 2.75) is 181 Å². The van der Waals surface area contributed by atoms with Gasteiger partial charge < -0.3 is 0 Å². The van der Waals surface area contributed by atoms with Crippen LogP contribution in [0.4, 0.5) is 0 Å². The Hall–Kier alpha value is 0. The first-order valence-electron chi connectivity index (χ1n) is 14.3. The summed E-state index contributed by atoms with van der Waals surface area (Å²) in [6.07, 6.45) is 36.8. The monoisotopic (exact) mass is 408 g/mol.